The molecular formula is C13H28N2O. The van der Waals surface area contributed by atoms with Gasteiger partial charge in [-0.15, -0.1) is 0 Å². The lowest BCUT2D eigenvalue weighted by Crippen LogP contribution is -2.31. The lowest BCUT2D eigenvalue weighted by molar-refractivity contribution is 0.0553. The third-order valence-electron chi connectivity index (χ3n) is 3.54. The average Bonchev–Trinajstić information content (AvgIpc) is 2.76. The maximum Gasteiger partial charge on any atom is 0.0709 e. The minimum atomic E-state index is 0.246. The molecule has 1 aliphatic rings. The number of rotatable bonds is 8. The second-order valence-corrected chi connectivity index (χ2v) is 5.01. The maximum atomic E-state index is 5.67. The first-order valence-electron chi connectivity index (χ1n) is 6.76. The van der Waals surface area contributed by atoms with Crippen molar-refractivity contribution in [2.24, 2.45) is 11.7 Å². The predicted octanol–water partition coefficient (Wildman–Crippen LogP) is 1.86. The third-order valence-corrected chi connectivity index (χ3v) is 3.54. The first-order chi connectivity index (χ1) is 7.76. The van der Waals surface area contributed by atoms with E-state index in [4.69, 9.17) is 10.5 Å². The molecule has 0 heterocycles. The Morgan fingerprint density at radius 3 is 2.62 bits per heavy atom. The van der Waals surface area contributed by atoms with Crippen molar-refractivity contribution >= 4 is 0 Å². The summed E-state index contributed by atoms with van der Waals surface area (Å²) < 4.78 is 5.56. The third kappa shape index (κ3) is 5.28. The molecule has 0 amide bonds. The number of ether oxygens (including phenoxy) is 1. The molecule has 0 saturated heterocycles. The van der Waals surface area contributed by atoms with Gasteiger partial charge in [-0.1, -0.05) is 12.8 Å². The van der Waals surface area contributed by atoms with Gasteiger partial charge in [0.05, 0.1) is 6.10 Å². The molecule has 0 spiro atoms. The van der Waals surface area contributed by atoms with Crippen LogP contribution in [0, 0.1) is 5.92 Å². The van der Waals surface area contributed by atoms with E-state index in [9.17, 15) is 0 Å². The molecule has 1 rings (SSSR count). The van der Waals surface area contributed by atoms with E-state index >= 15 is 0 Å². The molecule has 0 bridgehead atoms. The van der Waals surface area contributed by atoms with Gasteiger partial charge in [0.2, 0.25) is 0 Å². The fourth-order valence-electron chi connectivity index (χ4n) is 2.59. The fraction of sp³-hybridized carbons (Fsp3) is 1.00. The zero-order valence-corrected chi connectivity index (χ0v) is 11.0. The molecule has 2 N–H and O–H groups in total. The van der Waals surface area contributed by atoms with Gasteiger partial charge in [0.1, 0.15) is 0 Å². The highest BCUT2D eigenvalue weighted by Crippen LogP contribution is 2.25. The summed E-state index contributed by atoms with van der Waals surface area (Å²) in [4.78, 5) is 2.44. The van der Waals surface area contributed by atoms with E-state index in [0.29, 0.717) is 6.54 Å². The molecular weight excluding hydrogens is 200 g/mol. The topological polar surface area (TPSA) is 38.5 Å². The van der Waals surface area contributed by atoms with Gasteiger partial charge in [-0.3, -0.25) is 0 Å². The lowest BCUT2D eigenvalue weighted by atomic mass is 10.1. The Labute approximate surface area is 100 Å². The van der Waals surface area contributed by atoms with Crippen molar-refractivity contribution in [3.05, 3.63) is 0 Å². The van der Waals surface area contributed by atoms with Crippen LogP contribution in [0.5, 0.6) is 0 Å². The Bertz CT molecular complexity index is 169. The lowest BCUT2D eigenvalue weighted by Gasteiger charge is -2.23. The van der Waals surface area contributed by atoms with Crippen LogP contribution >= 0.6 is 0 Å². The number of nitrogens with two attached hydrogens (primary N) is 1. The van der Waals surface area contributed by atoms with E-state index in [1.54, 1.807) is 0 Å². The average molecular weight is 228 g/mol. The summed E-state index contributed by atoms with van der Waals surface area (Å²) in [6.45, 7) is 5.81. The van der Waals surface area contributed by atoms with Crippen molar-refractivity contribution in [1.29, 1.82) is 0 Å². The van der Waals surface area contributed by atoms with Crippen LogP contribution in [-0.2, 0) is 4.74 Å². The Hall–Kier alpha value is -0.120. The van der Waals surface area contributed by atoms with Crippen molar-refractivity contribution in [3.63, 3.8) is 0 Å². The van der Waals surface area contributed by atoms with Crippen LogP contribution in [0.3, 0.4) is 0 Å². The van der Waals surface area contributed by atoms with E-state index in [1.807, 2.05) is 6.92 Å². The summed E-state index contributed by atoms with van der Waals surface area (Å²) in [5, 5.41) is 0. The summed E-state index contributed by atoms with van der Waals surface area (Å²) in [6, 6.07) is 0. The Kier molecular flexibility index (Phi) is 7.01. The normalized spacial score (nSPS) is 19.5. The molecule has 16 heavy (non-hydrogen) atoms. The van der Waals surface area contributed by atoms with E-state index < -0.39 is 0 Å². The molecule has 1 fully saturated rings. The largest absolute Gasteiger partial charge is 0.377 e. The molecule has 3 heteroatoms. The van der Waals surface area contributed by atoms with Gasteiger partial charge < -0.3 is 15.4 Å². The van der Waals surface area contributed by atoms with Gasteiger partial charge in [-0.2, -0.15) is 0 Å². The van der Waals surface area contributed by atoms with Crippen molar-refractivity contribution < 1.29 is 4.74 Å². The molecule has 0 radical (unpaired) electrons. The molecule has 0 aromatic rings. The van der Waals surface area contributed by atoms with Gasteiger partial charge in [-0.25, -0.2) is 0 Å². The minimum Gasteiger partial charge on any atom is -0.377 e. The molecule has 96 valence electrons. The van der Waals surface area contributed by atoms with Crippen molar-refractivity contribution in [2.45, 2.75) is 45.1 Å². The van der Waals surface area contributed by atoms with E-state index in [2.05, 4.69) is 11.9 Å². The number of hydrogen-bond donors (Lipinski definition) is 1. The molecule has 0 aromatic heterocycles. The van der Waals surface area contributed by atoms with Gasteiger partial charge in [-0.05, 0) is 39.2 Å². The van der Waals surface area contributed by atoms with Crippen LogP contribution in [0.2, 0.25) is 0 Å². The standard InChI is InChI=1S/C13H28N2O/c1-3-16-13(10-14)8-9-15(2)11-12-6-4-5-7-12/h12-13H,3-11,14H2,1-2H3. The Morgan fingerprint density at radius 1 is 1.38 bits per heavy atom. The molecule has 0 aromatic carbocycles. The van der Waals surface area contributed by atoms with Crippen LogP contribution in [0.25, 0.3) is 0 Å². The number of nitrogens with zero attached hydrogens (tertiary/aromatic N) is 1. The predicted molar refractivity (Wildman–Crippen MR) is 68.5 cm³/mol. The van der Waals surface area contributed by atoms with Crippen LogP contribution in [-0.4, -0.2) is 44.3 Å². The van der Waals surface area contributed by atoms with Crippen molar-refractivity contribution in [1.82, 2.24) is 4.90 Å². The Morgan fingerprint density at radius 2 is 2.06 bits per heavy atom. The smallest absolute Gasteiger partial charge is 0.0709 e. The van der Waals surface area contributed by atoms with Gasteiger partial charge in [0.25, 0.3) is 0 Å². The highest BCUT2D eigenvalue weighted by Gasteiger charge is 2.17. The second-order valence-electron chi connectivity index (χ2n) is 5.01. The molecule has 1 saturated carbocycles. The van der Waals surface area contributed by atoms with Gasteiger partial charge >= 0.3 is 0 Å². The SMILES string of the molecule is CCOC(CN)CCN(C)CC1CCCC1. The van der Waals surface area contributed by atoms with Crippen LogP contribution in [0.15, 0.2) is 0 Å². The fourth-order valence-corrected chi connectivity index (χ4v) is 2.59. The van der Waals surface area contributed by atoms with Crippen molar-refractivity contribution in [2.75, 3.05) is 33.3 Å². The van der Waals surface area contributed by atoms with Crippen LogP contribution in [0.1, 0.15) is 39.0 Å². The summed E-state index contributed by atoms with van der Waals surface area (Å²) in [5.41, 5.74) is 5.67. The van der Waals surface area contributed by atoms with Gasteiger partial charge in [0, 0.05) is 26.2 Å². The molecule has 0 aliphatic heterocycles. The first-order valence-corrected chi connectivity index (χ1v) is 6.76. The van der Waals surface area contributed by atoms with Gasteiger partial charge in [0.15, 0.2) is 0 Å². The van der Waals surface area contributed by atoms with Crippen LogP contribution < -0.4 is 5.73 Å². The quantitative estimate of drug-likeness (QED) is 0.689. The highest BCUT2D eigenvalue weighted by atomic mass is 16.5. The number of hydrogen-bond acceptors (Lipinski definition) is 3. The second kappa shape index (κ2) is 8.04. The highest BCUT2D eigenvalue weighted by molar-refractivity contribution is 4.71. The van der Waals surface area contributed by atoms with Crippen LogP contribution in [0.4, 0.5) is 0 Å². The monoisotopic (exact) mass is 228 g/mol. The minimum absolute atomic E-state index is 0.246. The summed E-state index contributed by atoms with van der Waals surface area (Å²) in [7, 11) is 2.22. The summed E-state index contributed by atoms with van der Waals surface area (Å²) in [6.07, 6.45) is 7.03. The molecule has 1 unspecified atom stereocenters. The molecule has 1 aliphatic carbocycles. The zero-order valence-electron chi connectivity index (χ0n) is 11.0. The first kappa shape index (κ1) is 13.9. The Balaban J connectivity index is 2.10. The molecule has 1 atom stereocenters. The zero-order chi connectivity index (χ0) is 11.8. The van der Waals surface area contributed by atoms with E-state index in [0.717, 1.165) is 25.5 Å². The molecule has 3 nitrogen and oxygen atoms in total. The summed E-state index contributed by atoms with van der Waals surface area (Å²) >= 11 is 0. The van der Waals surface area contributed by atoms with Crippen molar-refractivity contribution in [3.8, 4) is 0 Å². The maximum absolute atomic E-state index is 5.67. The summed E-state index contributed by atoms with van der Waals surface area (Å²) in [5.74, 6) is 0.938. The van der Waals surface area contributed by atoms with E-state index in [-0.39, 0.29) is 6.10 Å². The van der Waals surface area contributed by atoms with E-state index in [1.165, 1.54) is 32.2 Å².